The molecular formula is C13H28N2. The van der Waals surface area contributed by atoms with Crippen molar-refractivity contribution in [3.8, 4) is 0 Å². The van der Waals surface area contributed by atoms with Gasteiger partial charge in [0.05, 0.1) is 0 Å². The molecule has 0 amide bonds. The smallest absolute Gasteiger partial charge is 0.00951 e. The Labute approximate surface area is 95.2 Å². The van der Waals surface area contributed by atoms with Gasteiger partial charge in [0.2, 0.25) is 0 Å². The Kier molecular flexibility index (Phi) is 6.26. The minimum absolute atomic E-state index is 0.689. The Hall–Kier alpha value is -0.0800. The molecule has 2 unspecified atom stereocenters. The van der Waals surface area contributed by atoms with Crippen molar-refractivity contribution in [1.29, 1.82) is 0 Å². The summed E-state index contributed by atoms with van der Waals surface area (Å²) in [4.78, 5) is 2.71. The molecule has 1 saturated heterocycles. The van der Waals surface area contributed by atoms with E-state index < -0.39 is 0 Å². The fraction of sp³-hybridized carbons (Fsp3) is 1.00. The molecule has 0 aromatic rings. The summed E-state index contributed by atoms with van der Waals surface area (Å²) in [7, 11) is 0. The third kappa shape index (κ3) is 4.52. The van der Waals surface area contributed by atoms with Crippen LogP contribution in [0, 0.1) is 5.92 Å². The molecule has 90 valence electrons. The van der Waals surface area contributed by atoms with Crippen molar-refractivity contribution in [3.05, 3.63) is 0 Å². The third-order valence-corrected chi connectivity index (χ3v) is 3.68. The van der Waals surface area contributed by atoms with Crippen LogP contribution in [0.2, 0.25) is 0 Å². The Morgan fingerprint density at radius 1 is 1.40 bits per heavy atom. The Bertz CT molecular complexity index is 157. The largest absolute Gasteiger partial charge is 0.330 e. The van der Waals surface area contributed by atoms with E-state index in [0.717, 1.165) is 12.6 Å². The second-order valence-corrected chi connectivity index (χ2v) is 5.10. The van der Waals surface area contributed by atoms with Crippen LogP contribution in [0.3, 0.4) is 0 Å². The molecule has 1 fully saturated rings. The first-order valence-corrected chi connectivity index (χ1v) is 6.72. The van der Waals surface area contributed by atoms with Gasteiger partial charge in [0.1, 0.15) is 0 Å². The first-order valence-electron chi connectivity index (χ1n) is 6.72. The van der Waals surface area contributed by atoms with E-state index in [0.29, 0.717) is 5.92 Å². The average Bonchev–Trinajstić information content (AvgIpc) is 2.28. The van der Waals surface area contributed by atoms with Gasteiger partial charge in [-0.3, -0.25) is 0 Å². The van der Waals surface area contributed by atoms with Crippen LogP contribution in [0.25, 0.3) is 0 Å². The third-order valence-electron chi connectivity index (χ3n) is 3.68. The molecule has 0 aliphatic carbocycles. The molecule has 2 N–H and O–H groups in total. The van der Waals surface area contributed by atoms with E-state index in [-0.39, 0.29) is 0 Å². The lowest BCUT2D eigenvalue weighted by atomic mass is 9.97. The standard InChI is InChI=1S/C13H28N2/c1-3-6-13-7-4-5-9-15(13)10-8-12(2)11-14/h12-13H,3-11,14H2,1-2H3. The fourth-order valence-electron chi connectivity index (χ4n) is 2.52. The number of nitrogens with zero attached hydrogens (tertiary/aromatic N) is 1. The molecule has 2 nitrogen and oxygen atoms in total. The minimum Gasteiger partial charge on any atom is -0.330 e. The molecule has 15 heavy (non-hydrogen) atoms. The maximum atomic E-state index is 5.66. The van der Waals surface area contributed by atoms with E-state index >= 15 is 0 Å². The average molecular weight is 212 g/mol. The first kappa shape index (κ1) is 13.0. The maximum absolute atomic E-state index is 5.66. The maximum Gasteiger partial charge on any atom is 0.00951 e. The Balaban J connectivity index is 2.28. The van der Waals surface area contributed by atoms with E-state index in [1.165, 1.54) is 51.6 Å². The van der Waals surface area contributed by atoms with E-state index in [2.05, 4.69) is 18.7 Å². The monoisotopic (exact) mass is 212 g/mol. The quantitative estimate of drug-likeness (QED) is 0.733. The molecule has 0 aromatic heterocycles. The number of hydrogen-bond donors (Lipinski definition) is 1. The van der Waals surface area contributed by atoms with Crippen molar-refractivity contribution >= 4 is 0 Å². The second kappa shape index (κ2) is 7.24. The lowest BCUT2D eigenvalue weighted by Crippen LogP contribution is -2.40. The van der Waals surface area contributed by atoms with Crippen molar-refractivity contribution in [2.45, 2.75) is 58.4 Å². The zero-order chi connectivity index (χ0) is 11.1. The van der Waals surface area contributed by atoms with Gasteiger partial charge in [0.25, 0.3) is 0 Å². The van der Waals surface area contributed by atoms with Gasteiger partial charge < -0.3 is 10.6 Å². The molecule has 0 aromatic carbocycles. The van der Waals surface area contributed by atoms with Crippen molar-refractivity contribution < 1.29 is 0 Å². The van der Waals surface area contributed by atoms with Gasteiger partial charge in [0, 0.05) is 6.04 Å². The number of likely N-dealkylation sites (tertiary alicyclic amines) is 1. The van der Waals surface area contributed by atoms with Gasteiger partial charge in [-0.25, -0.2) is 0 Å². The van der Waals surface area contributed by atoms with E-state index in [4.69, 9.17) is 5.73 Å². The second-order valence-electron chi connectivity index (χ2n) is 5.10. The number of hydrogen-bond acceptors (Lipinski definition) is 2. The van der Waals surface area contributed by atoms with Crippen LogP contribution in [-0.2, 0) is 0 Å². The topological polar surface area (TPSA) is 29.3 Å². The van der Waals surface area contributed by atoms with E-state index in [1.54, 1.807) is 0 Å². The molecular weight excluding hydrogens is 184 g/mol. The summed E-state index contributed by atoms with van der Waals surface area (Å²) in [6.07, 6.45) is 8.25. The van der Waals surface area contributed by atoms with Crippen LogP contribution < -0.4 is 5.73 Å². The summed E-state index contributed by atoms with van der Waals surface area (Å²) < 4.78 is 0. The molecule has 1 rings (SSSR count). The van der Waals surface area contributed by atoms with Gasteiger partial charge >= 0.3 is 0 Å². The summed E-state index contributed by atoms with van der Waals surface area (Å²) in [5, 5.41) is 0. The summed E-state index contributed by atoms with van der Waals surface area (Å²) in [5.74, 6) is 0.689. The minimum atomic E-state index is 0.689. The molecule has 2 atom stereocenters. The SMILES string of the molecule is CCCC1CCCCN1CCC(C)CN. The van der Waals surface area contributed by atoms with Crippen molar-refractivity contribution in [1.82, 2.24) is 4.90 Å². The lowest BCUT2D eigenvalue weighted by molar-refractivity contribution is 0.132. The lowest BCUT2D eigenvalue weighted by Gasteiger charge is -2.36. The normalized spacial score (nSPS) is 25.4. The predicted octanol–water partition coefficient (Wildman–Crippen LogP) is 2.63. The Morgan fingerprint density at radius 2 is 2.20 bits per heavy atom. The highest BCUT2D eigenvalue weighted by molar-refractivity contribution is 4.77. The van der Waals surface area contributed by atoms with Crippen molar-refractivity contribution in [2.75, 3.05) is 19.6 Å². The van der Waals surface area contributed by atoms with Gasteiger partial charge in [-0.2, -0.15) is 0 Å². The van der Waals surface area contributed by atoms with Gasteiger partial charge in [0.15, 0.2) is 0 Å². The Morgan fingerprint density at radius 3 is 2.87 bits per heavy atom. The molecule has 0 radical (unpaired) electrons. The summed E-state index contributed by atoms with van der Waals surface area (Å²) in [6, 6.07) is 0.869. The van der Waals surface area contributed by atoms with Crippen LogP contribution in [0.1, 0.15) is 52.4 Å². The summed E-state index contributed by atoms with van der Waals surface area (Å²) in [5.41, 5.74) is 5.66. The van der Waals surface area contributed by atoms with Gasteiger partial charge in [-0.15, -0.1) is 0 Å². The van der Waals surface area contributed by atoms with Crippen LogP contribution in [0.15, 0.2) is 0 Å². The highest BCUT2D eigenvalue weighted by Gasteiger charge is 2.21. The zero-order valence-corrected chi connectivity index (χ0v) is 10.5. The fourth-order valence-corrected chi connectivity index (χ4v) is 2.52. The van der Waals surface area contributed by atoms with Crippen LogP contribution in [0.5, 0.6) is 0 Å². The molecule has 1 heterocycles. The first-order chi connectivity index (χ1) is 7.27. The van der Waals surface area contributed by atoms with Gasteiger partial charge in [-0.05, 0) is 51.2 Å². The molecule has 1 aliphatic heterocycles. The van der Waals surface area contributed by atoms with Crippen LogP contribution >= 0.6 is 0 Å². The highest BCUT2D eigenvalue weighted by Crippen LogP contribution is 2.21. The van der Waals surface area contributed by atoms with Crippen molar-refractivity contribution in [3.63, 3.8) is 0 Å². The number of nitrogens with two attached hydrogens (primary N) is 1. The molecule has 2 heteroatoms. The summed E-state index contributed by atoms with van der Waals surface area (Å²) >= 11 is 0. The van der Waals surface area contributed by atoms with Crippen LogP contribution in [0.4, 0.5) is 0 Å². The summed E-state index contributed by atoms with van der Waals surface area (Å²) in [6.45, 7) is 7.99. The van der Waals surface area contributed by atoms with E-state index in [9.17, 15) is 0 Å². The van der Waals surface area contributed by atoms with Crippen molar-refractivity contribution in [2.24, 2.45) is 11.7 Å². The van der Waals surface area contributed by atoms with E-state index in [1.807, 2.05) is 0 Å². The number of piperidine rings is 1. The molecule has 0 spiro atoms. The van der Waals surface area contributed by atoms with Crippen LogP contribution in [-0.4, -0.2) is 30.6 Å². The molecule has 0 bridgehead atoms. The predicted molar refractivity (Wildman–Crippen MR) is 67.0 cm³/mol. The molecule has 1 aliphatic rings. The highest BCUT2D eigenvalue weighted by atomic mass is 15.2. The molecule has 0 saturated carbocycles. The van der Waals surface area contributed by atoms with Gasteiger partial charge in [-0.1, -0.05) is 26.7 Å². The zero-order valence-electron chi connectivity index (χ0n) is 10.5. The number of rotatable bonds is 6.